The third-order valence-corrected chi connectivity index (χ3v) is 4.21. The minimum atomic E-state index is -0.302. The summed E-state index contributed by atoms with van der Waals surface area (Å²) < 4.78 is 5.51. The third-order valence-electron chi connectivity index (χ3n) is 4.21. The van der Waals surface area contributed by atoms with Crippen LogP contribution in [0.5, 0.6) is 0 Å². The maximum atomic E-state index is 12.6. The molecular weight excluding hydrogens is 280 g/mol. The van der Waals surface area contributed by atoms with Gasteiger partial charge >= 0.3 is 0 Å². The molecule has 0 aromatic heterocycles. The minimum absolute atomic E-state index is 0.0115. The summed E-state index contributed by atoms with van der Waals surface area (Å²) in [5.74, 6) is 0.0609. The average Bonchev–Trinajstić information content (AvgIpc) is 3.16. The highest BCUT2D eigenvalue weighted by Crippen LogP contribution is 2.32. The van der Waals surface area contributed by atoms with Gasteiger partial charge in [-0.3, -0.25) is 9.59 Å². The van der Waals surface area contributed by atoms with Crippen molar-refractivity contribution in [1.29, 1.82) is 0 Å². The van der Waals surface area contributed by atoms with Crippen LogP contribution in [0.4, 0.5) is 11.4 Å². The fourth-order valence-corrected chi connectivity index (χ4v) is 3.08. The SMILES string of the molecule is CCCC(=O)Nc1ccc2c(c1)N(C(=O)C1CCCO1)CC2. The zero-order valence-electron chi connectivity index (χ0n) is 12.9. The summed E-state index contributed by atoms with van der Waals surface area (Å²) in [7, 11) is 0. The number of rotatable bonds is 4. The molecule has 0 radical (unpaired) electrons. The van der Waals surface area contributed by atoms with Gasteiger partial charge < -0.3 is 15.0 Å². The van der Waals surface area contributed by atoms with E-state index in [0.717, 1.165) is 42.6 Å². The highest BCUT2D eigenvalue weighted by Gasteiger charge is 2.32. The zero-order chi connectivity index (χ0) is 15.5. The molecule has 1 atom stereocenters. The van der Waals surface area contributed by atoms with Crippen LogP contribution < -0.4 is 10.2 Å². The Balaban J connectivity index is 1.76. The Labute approximate surface area is 130 Å². The van der Waals surface area contributed by atoms with Gasteiger partial charge in [-0.25, -0.2) is 0 Å². The first-order valence-corrected chi connectivity index (χ1v) is 8.05. The van der Waals surface area contributed by atoms with E-state index < -0.39 is 0 Å². The standard InChI is InChI=1S/C17H22N2O3/c1-2-4-16(20)18-13-7-6-12-8-9-19(14(12)11-13)17(21)15-5-3-10-22-15/h6-7,11,15H,2-5,8-10H2,1H3,(H,18,20). The number of fused-ring (bicyclic) bond motifs is 1. The number of benzene rings is 1. The highest BCUT2D eigenvalue weighted by atomic mass is 16.5. The van der Waals surface area contributed by atoms with E-state index in [1.165, 1.54) is 0 Å². The van der Waals surface area contributed by atoms with E-state index in [0.29, 0.717) is 19.6 Å². The first kappa shape index (κ1) is 15.0. The molecular formula is C17H22N2O3. The van der Waals surface area contributed by atoms with Crippen molar-refractivity contribution in [2.45, 2.75) is 45.1 Å². The summed E-state index contributed by atoms with van der Waals surface area (Å²) in [5.41, 5.74) is 2.82. The van der Waals surface area contributed by atoms with Crippen LogP contribution >= 0.6 is 0 Å². The number of nitrogens with zero attached hydrogens (tertiary/aromatic N) is 1. The molecule has 1 aromatic carbocycles. The molecule has 2 aliphatic heterocycles. The minimum Gasteiger partial charge on any atom is -0.368 e. The zero-order valence-corrected chi connectivity index (χ0v) is 12.9. The highest BCUT2D eigenvalue weighted by molar-refractivity contribution is 6.00. The molecule has 0 aliphatic carbocycles. The van der Waals surface area contributed by atoms with Crippen LogP contribution in [0, 0.1) is 0 Å². The number of ether oxygens (including phenoxy) is 1. The van der Waals surface area contributed by atoms with Gasteiger partial charge in [-0.15, -0.1) is 0 Å². The van der Waals surface area contributed by atoms with E-state index in [1.54, 1.807) is 4.90 Å². The smallest absolute Gasteiger partial charge is 0.256 e. The van der Waals surface area contributed by atoms with Crippen LogP contribution in [0.1, 0.15) is 38.2 Å². The van der Waals surface area contributed by atoms with Gasteiger partial charge in [-0.05, 0) is 43.4 Å². The number of amides is 2. The topological polar surface area (TPSA) is 58.6 Å². The second kappa shape index (κ2) is 6.48. The van der Waals surface area contributed by atoms with Gasteiger partial charge in [0.2, 0.25) is 5.91 Å². The van der Waals surface area contributed by atoms with Gasteiger partial charge in [0.25, 0.3) is 5.91 Å². The summed E-state index contributed by atoms with van der Waals surface area (Å²) in [4.78, 5) is 26.1. The number of anilines is 2. The largest absolute Gasteiger partial charge is 0.368 e. The van der Waals surface area contributed by atoms with Crippen molar-refractivity contribution in [3.05, 3.63) is 23.8 Å². The van der Waals surface area contributed by atoms with Crippen molar-refractivity contribution in [1.82, 2.24) is 0 Å². The molecule has 1 saturated heterocycles. The molecule has 1 N–H and O–H groups in total. The number of hydrogen-bond donors (Lipinski definition) is 1. The molecule has 5 heteroatoms. The summed E-state index contributed by atoms with van der Waals surface area (Å²) in [6, 6.07) is 5.81. The Kier molecular flexibility index (Phi) is 4.43. The lowest BCUT2D eigenvalue weighted by Gasteiger charge is -2.21. The van der Waals surface area contributed by atoms with Crippen LogP contribution in [0.2, 0.25) is 0 Å². The van der Waals surface area contributed by atoms with Crippen molar-refractivity contribution in [2.75, 3.05) is 23.4 Å². The van der Waals surface area contributed by atoms with E-state index >= 15 is 0 Å². The van der Waals surface area contributed by atoms with Gasteiger partial charge in [0, 0.05) is 30.9 Å². The first-order chi connectivity index (χ1) is 10.7. The Morgan fingerprint density at radius 1 is 1.41 bits per heavy atom. The molecule has 2 amide bonds. The molecule has 3 rings (SSSR count). The number of hydrogen-bond acceptors (Lipinski definition) is 3. The van der Waals surface area contributed by atoms with E-state index in [2.05, 4.69) is 5.32 Å². The molecule has 1 aromatic rings. The Morgan fingerprint density at radius 3 is 3.00 bits per heavy atom. The predicted octanol–water partition coefficient (Wildman–Crippen LogP) is 2.49. The van der Waals surface area contributed by atoms with Crippen LogP contribution in [0.3, 0.4) is 0 Å². The molecule has 0 bridgehead atoms. The first-order valence-electron chi connectivity index (χ1n) is 8.05. The second-order valence-electron chi connectivity index (χ2n) is 5.88. The van der Waals surface area contributed by atoms with E-state index in [9.17, 15) is 9.59 Å². The Morgan fingerprint density at radius 2 is 2.27 bits per heavy atom. The van der Waals surface area contributed by atoms with Gasteiger partial charge in [-0.2, -0.15) is 0 Å². The van der Waals surface area contributed by atoms with Crippen molar-refractivity contribution in [3.63, 3.8) is 0 Å². The maximum Gasteiger partial charge on any atom is 0.256 e. The summed E-state index contributed by atoms with van der Waals surface area (Å²) in [6.45, 7) is 3.34. The van der Waals surface area contributed by atoms with Crippen molar-refractivity contribution in [3.8, 4) is 0 Å². The number of carbonyl (C=O) groups is 2. The monoisotopic (exact) mass is 302 g/mol. The fraction of sp³-hybridized carbons (Fsp3) is 0.529. The maximum absolute atomic E-state index is 12.6. The molecule has 0 spiro atoms. The summed E-state index contributed by atoms with van der Waals surface area (Å²) >= 11 is 0. The van der Waals surface area contributed by atoms with Gasteiger partial charge in [0.15, 0.2) is 0 Å². The molecule has 2 heterocycles. The molecule has 2 aliphatic rings. The lowest BCUT2D eigenvalue weighted by molar-refractivity contribution is -0.127. The van der Waals surface area contributed by atoms with E-state index in [-0.39, 0.29) is 17.9 Å². The van der Waals surface area contributed by atoms with Crippen LogP contribution in [-0.4, -0.2) is 31.1 Å². The predicted molar refractivity (Wildman–Crippen MR) is 85.0 cm³/mol. The van der Waals surface area contributed by atoms with Gasteiger partial charge in [0.1, 0.15) is 6.10 Å². The van der Waals surface area contributed by atoms with Crippen LogP contribution in [-0.2, 0) is 20.7 Å². The number of nitrogens with one attached hydrogen (secondary N) is 1. The molecule has 5 nitrogen and oxygen atoms in total. The lowest BCUT2D eigenvalue weighted by Crippen LogP contribution is -2.37. The molecule has 0 saturated carbocycles. The molecule has 1 fully saturated rings. The normalized spacial score (nSPS) is 20.0. The van der Waals surface area contributed by atoms with Crippen molar-refractivity contribution in [2.24, 2.45) is 0 Å². The molecule has 1 unspecified atom stereocenters. The second-order valence-corrected chi connectivity index (χ2v) is 5.88. The van der Waals surface area contributed by atoms with E-state index in [4.69, 9.17) is 4.74 Å². The number of carbonyl (C=O) groups excluding carboxylic acids is 2. The van der Waals surface area contributed by atoms with Gasteiger partial charge in [-0.1, -0.05) is 13.0 Å². The van der Waals surface area contributed by atoms with E-state index in [1.807, 2.05) is 25.1 Å². The fourth-order valence-electron chi connectivity index (χ4n) is 3.08. The summed E-state index contributed by atoms with van der Waals surface area (Å²) in [5, 5.41) is 2.89. The van der Waals surface area contributed by atoms with Gasteiger partial charge in [0.05, 0.1) is 0 Å². The Bertz CT molecular complexity index is 579. The molecule has 118 valence electrons. The van der Waals surface area contributed by atoms with Crippen molar-refractivity contribution < 1.29 is 14.3 Å². The van der Waals surface area contributed by atoms with Crippen molar-refractivity contribution >= 4 is 23.2 Å². The Hall–Kier alpha value is -1.88. The quantitative estimate of drug-likeness (QED) is 0.929. The summed E-state index contributed by atoms with van der Waals surface area (Å²) in [6.07, 6.45) is 3.64. The average molecular weight is 302 g/mol. The molecule has 22 heavy (non-hydrogen) atoms. The third kappa shape index (κ3) is 2.99. The van der Waals surface area contributed by atoms with Crippen LogP contribution in [0.25, 0.3) is 0 Å². The van der Waals surface area contributed by atoms with Crippen LogP contribution in [0.15, 0.2) is 18.2 Å². The lowest BCUT2D eigenvalue weighted by atomic mass is 10.1.